The molecule has 2 aromatic carbocycles. The summed E-state index contributed by atoms with van der Waals surface area (Å²) in [4.78, 5) is 29.7. The minimum atomic E-state index is -3.53. The van der Waals surface area contributed by atoms with Gasteiger partial charge in [-0.05, 0) is 76.9 Å². The number of carbonyl (C=O) groups is 1. The molecule has 5 rings (SSSR count). The smallest absolute Gasteiger partial charge is 0.410 e. The van der Waals surface area contributed by atoms with Crippen molar-refractivity contribution in [2.45, 2.75) is 52.2 Å². The molecule has 53 heavy (non-hydrogen) atoms. The molecule has 14 nitrogen and oxygen atoms in total. The molecule has 2 N–H and O–H groups in total. The minimum absolute atomic E-state index is 0.0784. The number of likely N-dealkylation sites (tertiary alicyclic amines) is 1. The van der Waals surface area contributed by atoms with Gasteiger partial charge in [0.15, 0.2) is 0 Å². The second kappa shape index (κ2) is 18.0. The Morgan fingerprint density at radius 2 is 1.62 bits per heavy atom. The van der Waals surface area contributed by atoms with Crippen LogP contribution in [0.15, 0.2) is 65.7 Å². The number of aromatic amines is 1. The van der Waals surface area contributed by atoms with E-state index in [1.807, 2.05) is 32.9 Å². The second-order valence-electron chi connectivity index (χ2n) is 13.6. The zero-order valence-corrected chi connectivity index (χ0v) is 31.8. The van der Waals surface area contributed by atoms with Gasteiger partial charge in [-0.3, -0.25) is 9.52 Å². The van der Waals surface area contributed by atoms with E-state index in [1.54, 1.807) is 67.7 Å². The molecule has 15 heteroatoms. The molecule has 1 saturated heterocycles. The zero-order chi connectivity index (χ0) is 38.0. The molecule has 0 aliphatic carbocycles. The Morgan fingerprint density at radius 3 is 2.34 bits per heavy atom. The average molecular weight is 755 g/mol. The molecule has 0 unspecified atom stereocenters. The zero-order valence-electron chi connectivity index (χ0n) is 31.0. The second-order valence-corrected chi connectivity index (χ2v) is 15.6. The van der Waals surface area contributed by atoms with Crippen molar-refractivity contribution >= 4 is 32.7 Å². The van der Waals surface area contributed by atoms with E-state index in [0.29, 0.717) is 97.7 Å². The highest BCUT2D eigenvalue weighted by molar-refractivity contribution is 7.92. The number of nitrogens with zero attached hydrogens (tertiary/aromatic N) is 2. The molecule has 2 aromatic heterocycles. The normalized spacial score (nSPS) is 14.0. The predicted octanol–water partition coefficient (Wildman–Crippen LogP) is 5.92. The summed E-state index contributed by atoms with van der Waals surface area (Å²) in [5, 5.41) is 0.679. The van der Waals surface area contributed by atoms with Crippen LogP contribution in [0, 0.1) is 0 Å². The van der Waals surface area contributed by atoms with Crippen molar-refractivity contribution in [3.8, 4) is 28.4 Å². The summed E-state index contributed by atoms with van der Waals surface area (Å²) in [5.41, 5.74) is 1.40. The maximum atomic E-state index is 12.7. The molecule has 288 valence electrons. The molecule has 4 aromatic rings. The number of piperidine rings is 1. The molecule has 1 fully saturated rings. The number of sulfonamides is 1. The van der Waals surface area contributed by atoms with Crippen molar-refractivity contribution in [1.29, 1.82) is 0 Å². The molecule has 1 amide bonds. The van der Waals surface area contributed by atoms with Gasteiger partial charge in [0.25, 0.3) is 5.56 Å². The van der Waals surface area contributed by atoms with Gasteiger partial charge in [-0.25, -0.2) is 13.2 Å². The first-order valence-electron chi connectivity index (χ1n) is 17.8. The average Bonchev–Trinajstić information content (AvgIpc) is 3.62. The van der Waals surface area contributed by atoms with Crippen LogP contribution in [-0.4, -0.2) is 99.2 Å². The highest BCUT2D eigenvalue weighted by atomic mass is 32.2. The third-order valence-electron chi connectivity index (χ3n) is 8.39. The molecule has 0 radical (unpaired) electrons. The number of hydrogen-bond acceptors (Lipinski definition) is 10. The van der Waals surface area contributed by atoms with Crippen LogP contribution in [0.1, 0.15) is 40.5 Å². The number of amides is 1. The summed E-state index contributed by atoms with van der Waals surface area (Å²) in [6.45, 7) is 10.8. The maximum absolute atomic E-state index is 12.7. The van der Waals surface area contributed by atoms with Gasteiger partial charge < -0.3 is 42.9 Å². The van der Waals surface area contributed by atoms with E-state index >= 15 is 0 Å². The molecular formula is C38H50N4O10S. The van der Waals surface area contributed by atoms with Gasteiger partial charge in [0.2, 0.25) is 10.0 Å². The van der Waals surface area contributed by atoms with Crippen molar-refractivity contribution in [3.05, 3.63) is 71.3 Å². The minimum Gasteiger partial charge on any atom is -0.491 e. The van der Waals surface area contributed by atoms with Gasteiger partial charge in [0, 0.05) is 60.8 Å². The summed E-state index contributed by atoms with van der Waals surface area (Å²) < 4.78 is 63.7. The van der Waals surface area contributed by atoms with Gasteiger partial charge in [0.1, 0.15) is 35.0 Å². The van der Waals surface area contributed by atoms with Gasteiger partial charge >= 0.3 is 6.09 Å². The number of pyridine rings is 1. The first-order valence-corrected chi connectivity index (χ1v) is 19.4. The number of fused-ring (bicyclic) bond motifs is 1. The summed E-state index contributed by atoms with van der Waals surface area (Å²) in [5.74, 6) is 1.47. The third-order valence-corrected chi connectivity index (χ3v) is 9.70. The largest absolute Gasteiger partial charge is 0.491 e. The number of anilines is 1. The Balaban J connectivity index is 1.06. The Hall–Kier alpha value is -4.57. The first-order chi connectivity index (χ1) is 25.3. The number of H-pyrrole nitrogens is 1. The van der Waals surface area contributed by atoms with Crippen molar-refractivity contribution in [2.24, 2.45) is 7.05 Å². The van der Waals surface area contributed by atoms with Crippen molar-refractivity contribution in [1.82, 2.24) is 14.5 Å². The summed E-state index contributed by atoms with van der Waals surface area (Å²) in [6, 6.07) is 14.0. The van der Waals surface area contributed by atoms with Crippen LogP contribution in [-0.2, 0) is 36.0 Å². The van der Waals surface area contributed by atoms with E-state index in [4.69, 9.17) is 28.4 Å². The van der Waals surface area contributed by atoms with E-state index in [0.717, 1.165) is 12.8 Å². The van der Waals surface area contributed by atoms with Crippen LogP contribution in [0.5, 0.6) is 17.2 Å². The fraction of sp³-hybridized carbons (Fsp3) is 0.474. The predicted molar refractivity (Wildman–Crippen MR) is 202 cm³/mol. The summed E-state index contributed by atoms with van der Waals surface area (Å²) in [7, 11) is -1.87. The third kappa shape index (κ3) is 11.5. The van der Waals surface area contributed by atoms with Crippen LogP contribution < -0.4 is 19.8 Å². The van der Waals surface area contributed by atoms with E-state index in [-0.39, 0.29) is 23.5 Å². The van der Waals surface area contributed by atoms with Crippen LogP contribution in [0.3, 0.4) is 0 Å². The highest BCUT2D eigenvalue weighted by Gasteiger charge is 2.27. The van der Waals surface area contributed by atoms with E-state index < -0.39 is 15.6 Å². The van der Waals surface area contributed by atoms with E-state index in [9.17, 15) is 18.0 Å². The Morgan fingerprint density at radius 1 is 0.925 bits per heavy atom. The first kappa shape index (κ1) is 39.6. The molecule has 0 saturated carbocycles. The topological polar surface area (TPSA) is 160 Å². The van der Waals surface area contributed by atoms with Crippen molar-refractivity contribution in [3.63, 3.8) is 0 Å². The number of nitrogens with one attached hydrogen (secondary N) is 2. The number of benzene rings is 2. The Kier molecular flexibility index (Phi) is 13.4. The standard InChI is InChI=1S/C38H50N4O10S/c1-6-53(45,46)40-27-10-11-34(32(24-27)33-26-41(5)36(43)35-31(33)12-15-39-35)51-30-9-7-8-29(25-30)50-23-21-48-19-18-47-20-22-49-28-13-16-42(17-14-28)37(44)52-38(2,3)4/h7-12,15,24-26,28,39-40H,6,13-14,16-23H2,1-5H3. The maximum Gasteiger partial charge on any atom is 0.410 e. The lowest BCUT2D eigenvalue weighted by atomic mass is 10.0. The van der Waals surface area contributed by atoms with Crippen LogP contribution >= 0.6 is 0 Å². The van der Waals surface area contributed by atoms with Crippen LogP contribution in [0.2, 0.25) is 0 Å². The molecule has 0 bridgehead atoms. The molecule has 1 aliphatic heterocycles. The fourth-order valence-corrected chi connectivity index (χ4v) is 6.36. The number of rotatable bonds is 17. The van der Waals surface area contributed by atoms with Crippen molar-refractivity contribution < 1.29 is 41.6 Å². The van der Waals surface area contributed by atoms with Crippen LogP contribution in [0.4, 0.5) is 10.5 Å². The van der Waals surface area contributed by atoms with Gasteiger partial charge in [-0.1, -0.05) is 6.07 Å². The van der Waals surface area contributed by atoms with Gasteiger partial charge in [-0.2, -0.15) is 0 Å². The van der Waals surface area contributed by atoms with Gasteiger partial charge in [-0.15, -0.1) is 0 Å². The number of aryl methyl sites for hydroxylation is 1. The van der Waals surface area contributed by atoms with E-state index in [2.05, 4.69) is 9.71 Å². The molecule has 3 heterocycles. The fourth-order valence-electron chi connectivity index (χ4n) is 5.73. The number of ether oxygens (including phenoxy) is 6. The Bertz CT molecular complexity index is 2000. The lowest BCUT2D eigenvalue weighted by Crippen LogP contribution is -2.43. The van der Waals surface area contributed by atoms with Crippen LogP contribution in [0.25, 0.3) is 22.0 Å². The molecule has 0 spiro atoms. The lowest BCUT2D eigenvalue weighted by molar-refractivity contribution is -0.0364. The number of carbonyl (C=O) groups excluding carboxylic acids is 1. The summed E-state index contributed by atoms with van der Waals surface area (Å²) >= 11 is 0. The highest BCUT2D eigenvalue weighted by Crippen LogP contribution is 2.39. The molecular weight excluding hydrogens is 705 g/mol. The van der Waals surface area contributed by atoms with E-state index in [1.165, 1.54) is 4.57 Å². The molecule has 0 atom stereocenters. The Labute approximate surface area is 310 Å². The monoisotopic (exact) mass is 754 g/mol. The number of aromatic nitrogens is 2. The quantitative estimate of drug-likeness (QED) is 0.124. The molecule has 1 aliphatic rings. The van der Waals surface area contributed by atoms with Gasteiger partial charge in [0.05, 0.1) is 44.9 Å². The number of hydrogen-bond donors (Lipinski definition) is 2. The SMILES string of the molecule is CCS(=O)(=O)Nc1ccc(Oc2cccc(OCCOCCOCCOC3CCN(C(=O)OC(C)(C)C)CC3)c2)c(-c2cn(C)c(=O)c3[nH]ccc23)c1. The lowest BCUT2D eigenvalue weighted by Gasteiger charge is -2.33. The summed E-state index contributed by atoms with van der Waals surface area (Å²) in [6.07, 6.45) is 4.76. The van der Waals surface area contributed by atoms with Crippen molar-refractivity contribution in [2.75, 3.05) is 63.2 Å².